The molecule has 0 saturated carbocycles. The topological polar surface area (TPSA) is 74.1 Å². The zero-order valence-corrected chi connectivity index (χ0v) is 16.6. The number of anilines is 1. The largest absolute Gasteiger partial charge is 0.323 e. The van der Waals surface area contributed by atoms with Crippen molar-refractivity contribution in [3.63, 3.8) is 0 Å². The summed E-state index contributed by atoms with van der Waals surface area (Å²) < 4.78 is 13.7. The third-order valence-corrected chi connectivity index (χ3v) is 5.53. The van der Waals surface area contributed by atoms with E-state index in [9.17, 15) is 14.0 Å². The molecule has 1 N–H and O–H groups in total. The number of halogens is 1. The number of carbonyl (C=O) groups excluding carboxylic acids is 2. The number of aliphatic imine (C=N–C) groups is 2. The van der Waals surface area contributed by atoms with Gasteiger partial charge in [-0.3, -0.25) is 14.6 Å². The number of amidine groups is 2. The summed E-state index contributed by atoms with van der Waals surface area (Å²) in [6.07, 6.45) is 1.50. The summed E-state index contributed by atoms with van der Waals surface area (Å²) in [5, 5.41) is 2.96. The predicted octanol–water partition coefficient (Wildman–Crippen LogP) is 3.96. The first-order valence-electron chi connectivity index (χ1n) is 9.35. The van der Waals surface area contributed by atoms with Crippen molar-refractivity contribution in [2.45, 2.75) is 25.8 Å². The number of carbonyl (C=O) groups is 2. The van der Waals surface area contributed by atoms with Crippen LogP contribution in [0.15, 0.2) is 58.5 Å². The maximum Gasteiger partial charge on any atom is 0.259 e. The first-order chi connectivity index (χ1) is 14.1. The first kappa shape index (κ1) is 19.3. The summed E-state index contributed by atoms with van der Waals surface area (Å²) in [7, 11) is 0. The minimum absolute atomic E-state index is 0.00909. The Kier molecular flexibility index (Phi) is 5.44. The maximum absolute atomic E-state index is 13.7. The summed E-state index contributed by atoms with van der Waals surface area (Å²) in [6.45, 7) is 2.01. The Labute approximate surface area is 171 Å². The van der Waals surface area contributed by atoms with E-state index in [1.165, 1.54) is 17.0 Å². The van der Waals surface area contributed by atoms with Gasteiger partial charge in [0, 0.05) is 5.56 Å². The zero-order valence-electron chi connectivity index (χ0n) is 15.8. The number of fused-ring (bicyclic) bond motifs is 3. The van der Waals surface area contributed by atoms with Crippen molar-refractivity contribution < 1.29 is 14.0 Å². The molecule has 6 nitrogen and oxygen atoms in total. The Bertz CT molecular complexity index is 1040. The summed E-state index contributed by atoms with van der Waals surface area (Å²) in [4.78, 5) is 35.9. The normalized spacial score (nSPS) is 17.4. The second kappa shape index (κ2) is 8.16. The molecule has 4 rings (SSSR count). The molecule has 2 aliphatic rings. The second-order valence-electron chi connectivity index (χ2n) is 6.66. The van der Waals surface area contributed by atoms with Crippen molar-refractivity contribution in [2.24, 2.45) is 9.98 Å². The molecule has 8 heteroatoms. The quantitative estimate of drug-likeness (QED) is 0.811. The predicted molar refractivity (Wildman–Crippen MR) is 113 cm³/mol. The van der Waals surface area contributed by atoms with Crippen molar-refractivity contribution in [1.82, 2.24) is 4.90 Å². The van der Waals surface area contributed by atoms with Crippen LogP contribution in [0.1, 0.15) is 25.3 Å². The van der Waals surface area contributed by atoms with Crippen LogP contribution in [0, 0.1) is 5.82 Å². The van der Waals surface area contributed by atoms with Crippen LogP contribution in [0.4, 0.5) is 15.8 Å². The van der Waals surface area contributed by atoms with E-state index in [0.29, 0.717) is 23.1 Å². The minimum atomic E-state index is -0.499. The van der Waals surface area contributed by atoms with Crippen LogP contribution in [-0.2, 0) is 9.59 Å². The van der Waals surface area contributed by atoms with Crippen molar-refractivity contribution >= 4 is 46.0 Å². The van der Waals surface area contributed by atoms with Crippen molar-refractivity contribution in [2.75, 3.05) is 11.1 Å². The molecule has 0 spiro atoms. The average Bonchev–Trinajstić information content (AvgIpc) is 3.05. The molecule has 2 aromatic carbocycles. The van der Waals surface area contributed by atoms with E-state index in [4.69, 9.17) is 0 Å². The molecule has 0 fully saturated rings. The lowest BCUT2D eigenvalue weighted by Gasteiger charge is -2.25. The number of nitrogens with zero attached hydrogens (tertiary/aromatic N) is 3. The standard InChI is InChI=1S/C21H19FN4O2S/c1-2-7-17-20(28)26-19(24-17)13-8-3-5-10-15(13)25-21(26)29-12-18(27)23-16-11-6-4-9-14(16)22/h3-6,8-11,17H,2,7,12H2,1H3,(H,23,27)/t17-/m1/s1. The van der Waals surface area contributed by atoms with E-state index in [-0.39, 0.29) is 23.3 Å². The molecule has 0 aliphatic carbocycles. The smallest absolute Gasteiger partial charge is 0.259 e. The molecule has 148 valence electrons. The van der Waals surface area contributed by atoms with Gasteiger partial charge in [0.1, 0.15) is 17.7 Å². The van der Waals surface area contributed by atoms with Crippen LogP contribution in [0.5, 0.6) is 0 Å². The minimum Gasteiger partial charge on any atom is -0.323 e. The lowest BCUT2D eigenvalue weighted by Crippen LogP contribution is -2.41. The number of para-hydroxylation sites is 2. The molecular weight excluding hydrogens is 391 g/mol. The molecule has 2 amide bonds. The number of hydrogen-bond acceptors (Lipinski definition) is 5. The molecule has 0 aromatic heterocycles. The highest BCUT2D eigenvalue weighted by molar-refractivity contribution is 8.14. The average molecular weight is 410 g/mol. The summed E-state index contributed by atoms with van der Waals surface area (Å²) in [5.74, 6) is -0.434. The number of nitrogens with one attached hydrogen (secondary N) is 1. The Balaban J connectivity index is 1.55. The third-order valence-electron chi connectivity index (χ3n) is 4.59. The molecule has 0 bridgehead atoms. The van der Waals surface area contributed by atoms with Gasteiger partial charge in [0.15, 0.2) is 5.17 Å². The number of benzene rings is 2. The van der Waals surface area contributed by atoms with Gasteiger partial charge in [-0.25, -0.2) is 14.3 Å². The van der Waals surface area contributed by atoms with Crippen LogP contribution >= 0.6 is 11.8 Å². The van der Waals surface area contributed by atoms with Gasteiger partial charge in [0.25, 0.3) is 5.91 Å². The van der Waals surface area contributed by atoms with Gasteiger partial charge >= 0.3 is 0 Å². The highest BCUT2D eigenvalue weighted by atomic mass is 32.2. The third kappa shape index (κ3) is 3.80. The van der Waals surface area contributed by atoms with E-state index in [1.807, 2.05) is 31.2 Å². The van der Waals surface area contributed by atoms with E-state index in [1.54, 1.807) is 12.1 Å². The molecule has 0 saturated heterocycles. The molecule has 1 atom stereocenters. The maximum atomic E-state index is 13.7. The van der Waals surface area contributed by atoms with Gasteiger partial charge in [0.2, 0.25) is 5.91 Å². The molecular formula is C21H19FN4O2S. The molecule has 29 heavy (non-hydrogen) atoms. The summed E-state index contributed by atoms with van der Waals surface area (Å²) in [5.41, 5.74) is 1.64. The van der Waals surface area contributed by atoms with Gasteiger partial charge in [0.05, 0.1) is 17.1 Å². The van der Waals surface area contributed by atoms with Crippen LogP contribution < -0.4 is 5.32 Å². The Morgan fingerprint density at radius 2 is 1.97 bits per heavy atom. The van der Waals surface area contributed by atoms with Gasteiger partial charge in [-0.15, -0.1) is 0 Å². The van der Waals surface area contributed by atoms with E-state index in [2.05, 4.69) is 15.3 Å². The van der Waals surface area contributed by atoms with Gasteiger partial charge in [-0.05, 0) is 30.7 Å². The number of rotatable bonds is 5. The first-order valence-corrected chi connectivity index (χ1v) is 10.3. The van der Waals surface area contributed by atoms with Gasteiger partial charge in [-0.2, -0.15) is 0 Å². The Hall–Kier alpha value is -3.00. The highest BCUT2D eigenvalue weighted by Crippen LogP contribution is 2.34. The molecule has 2 aromatic rings. The fourth-order valence-corrected chi connectivity index (χ4v) is 4.04. The van der Waals surface area contributed by atoms with Crippen LogP contribution in [0.3, 0.4) is 0 Å². The van der Waals surface area contributed by atoms with E-state index >= 15 is 0 Å². The lowest BCUT2D eigenvalue weighted by molar-refractivity contribution is -0.124. The number of hydrogen-bond donors (Lipinski definition) is 1. The van der Waals surface area contributed by atoms with Crippen molar-refractivity contribution in [1.29, 1.82) is 0 Å². The molecule has 2 heterocycles. The highest BCUT2D eigenvalue weighted by Gasteiger charge is 2.40. The van der Waals surface area contributed by atoms with Crippen molar-refractivity contribution in [3.8, 4) is 0 Å². The molecule has 0 unspecified atom stereocenters. The fraction of sp³-hybridized carbons (Fsp3) is 0.238. The van der Waals surface area contributed by atoms with Crippen LogP contribution in [-0.4, -0.2) is 39.5 Å². The van der Waals surface area contributed by atoms with Gasteiger partial charge in [-0.1, -0.05) is 49.4 Å². The van der Waals surface area contributed by atoms with Crippen LogP contribution in [0.2, 0.25) is 0 Å². The van der Waals surface area contributed by atoms with E-state index in [0.717, 1.165) is 23.7 Å². The Morgan fingerprint density at radius 3 is 2.76 bits per heavy atom. The lowest BCUT2D eigenvalue weighted by atomic mass is 10.1. The monoisotopic (exact) mass is 410 g/mol. The Morgan fingerprint density at radius 1 is 1.21 bits per heavy atom. The summed E-state index contributed by atoms with van der Waals surface area (Å²) in [6, 6.07) is 13.0. The molecule has 2 aliphatic heterocycles. The number of thioether (sulfide) groups is 1. The zero-order chi connectivity index (χ0) is 20.4. The van der Waals surface area contributed by atoms with Crippen molar-refractivity contribution in [3.05, 3.63) is 59.9 Å². The molecule has 0 radical (unpaired) electrons. The van der Waals surface area contributed by atoms with Gasteiger partial charge < -0.3 is 5.32 Å². The second-order valence-corrected chi connectivity index (χ2v) is 7.60. The van der Waals surface area contributed by atoms with E-state index < -0.39 is 11.9 Å². The SMILES string of the molecule is CCC[C@H]1N=C2c3ccccc3N=C(SCC(=O)Nc3ccccc3F)N2C1=O. The fourth-order valence-electron chi connectivity index (χ4n) is 3.24. The number of amides is 2. The van der Waals surface area contributed by atoms with Crippen LogP contribution in [0.25, 0.3) is 0 Å². The summed E-state index contributed by atoms with van der Waals surface area (Å²) >= 11 is 1.13.